The lowest BCUT2D eigenvalue weighted by atomic mass is 10.2. The minimum atomic E-state index is -0.384. The Morgan fingerprint density at radius 2 is 2.20 bits per heavy atom. The molecule has 6 nitrogen and oxygen atoms in total. The van der Waals surface area contributed by atoms with Gasteiger partial charge in [0.15, 0.2) is 0 Å². The Morgan fingerprint density at radius 1 is 1.36 bits per heavy atom. The number of anilines is 1. The van der Waals surface area contributed by atoms with Gasteiger partial charge < -0.3 is 19.5 Å². The van der Waals surface area contributed by atoms with Gasteiger partial charge in [-0.25, -0.2) is 4.98 Å². The smallest absolute Gasteiger partial charge is 0.257 e. The van der Waals surface area contributed by atoms with Gasteiger partial charge in [0, 0.05) is 17.6 Å². The van der Waals surface area contributed by atoms with Crippen LogP contribution in [0.2, 0.25) is 10.0 Å². The maximum atomic E-state index is 12.4. The molecule has 2 aromatic rings. The highest BCUT2D eigenvalue weighted by atomic mass is 35.5. The molecule has 1 N–H and O–H groups in total. The molecule has 1 fully saturated rings. The summed E-state index contributed by atoms with van der Waals surface area (Å²) in [6.07, 6.45) is 2.12. The topological polar surface area (TPSA) is 69.7 Å². The molecule has 0 bridgehead atoms. The first-order chi connectivity index (χ1) is 12.1. The SMILES string of the molecule is COc1ccc(Cl)cc1NC(=O)c1cnc(OC2CCOC2)c(Cl)c1. The van der Waals surface area contributed by atoms with Crippen molar-refractivity contribution in [2.45, 2.75) is 12.5 Å². The molecule has 8 heteroatoms. The van der Waals surface area contributed by atoms with E-state index in [-0.39, 0.29) is 22.9 Å². The maximum Gasteiger partial charge on any atom is 0.257 e. The molecule has 0 spiro atoms. The number of aromatic nitrogens is 1. The number of nitrogens with zero attached hydrogens (tertiary/aromatic N) is 1. The van der Waals surface area contributed by atoms with Gasteiger partial charge >= 0.3 is 0 Å². The number of halogens is 2. The van der Waals surface area contributed by atoms with Crippen LogP contribution < -0.4 is 14.8 Å². The largest absolute Gasteiger partial charge is 0.495 e. The summed E-state index contributed by atoms with van der Waals surface area (Å²) >= 11 is 12.1. The van der Waals surface area contributed by atoms with Crippen molar-refractivity contribution in [1.82, 2.24) is 4.98 Å². The predicted octanol–water partition coefficient (Wildman–Crippen LogP) is 3.82. The molecule has 1 aliphatic rings. The fourth-order valence-electron chi connectivity index (χ4n) is 2.37. The number of rotatable bonds is 5. The van der Waals surface area contributed by atoms with E-state index in [1.807, 2.05) is 0 Å². The van der Waals surface area contributed by atoms with Gasteiger partial charge in [-0.15, -0.1) is 0 Å². The van der Waals surface area contributed by atoms with Crippen LogP contribution in [0.15, 0.2) is 30.5 Å². The molecule has 0 saturated carbocycles. The number of carbonyl (C=O) groups is 1. The van der Waals surface area contributed by atoms with E-state index in [2.05, 4.69) is 10.3 Å². The zero-order chi connectivity index (χ0) is 17.8. The van der Waals surface area contributed by atoms with Gasteiger partial charge in [0.2, 0.25) is 5.88 Å². The second kappa shape index (κ2) is 7.91. The van der Waals surface area contributed by atoms with Gasteiger partial charge in [0.1, 0.15) is 16.9 Å². The van der Waals surface area contributed by atoms with Crippen molar-refractivity contribution in [2.75, 3.05) is 25.6 Å². The number of hydrogen-bond acceptors (Lipinski definition) is 5. The van der Waals surface area contributed by atoms with E-state index < -0.39 is 0 Å². The molecule has 1 aromatic carbocycles. The molecule has 1 unspecified atom stereocenters. The zero-order valence-corrected chi connectivity index (χ0v) is 14.9. The Balaban J connectivity index is 1.74. The standard InChI is InChI=1S/C17H16Cl2N2O4/c1-23-15-3-2-11(18)7-14(15)21-16(22)10-6-13(19)17(20-8-10)25-12-4-5-24-9-12/h2-3,6-8,12H,4-5,9H2,1H3,(H,21,22). The number of pyridine rings is 1. The predicted molar refractivity (Wildman–Crippen MR) is 95.1 cm³/mol. The molecule has 1 amide bonds. The molecule has 1 aliphatic heterocycles. The van der Waals surface area contributed by atoms with Crippen molar-refractivity contribution < 1.29 is 19.0 Å². The molecule has 1 saturated heterocycles. The van der Waals surface area contributed by atoms with Crippen LogP contribution in [0.1, 0.15) is 16.8 Å². The number of methoxy groups -OCH3 is 1. The Bertz CT molecular complexity index is 779. The number of benzene rings is 1. The van der Waals surface area contributed by atoms with Gasteiger partial charge in [-0.2, -0.15) is 0 Å². The Hall–Kier alpha value is -2.02. The number of carbonyl (C=O) groups excluding carboxylic acids is 1. The molecular formula is C17H16Cl2N2O4. The normalized spacial score (nSPS) is 16.5. The Kier molecular flexibility index (Phi) is 5.63. The summed E-state index contributed by atoms with van der Waals surface area (Å²) in [5, 5.41) is 3.47. The minimum Gasteiger partial charge on any atom is -0.495 e. The third kappa shape index (κ3) is 4.34. The number of ether oxygens (including phenoxy) is 3. The van der Waals surface area contributed by atoms with Crippen molar-refractivity contribution in [2.24, 2.45) is 0 Å². The zero-order valence-electron chi connectivity index (χ0n) is 13.4. The van der Waals surface area contributed by atoms with E-state index in [0.717, 1.165) is 6.42 Å². The third-order valence-corrected chi connectivity index (χ3v) is 4.15. The first kappa shape index (κ1) is 17.8. The summed E-state index contributed by atoms with van der Waals surface area (Å²) in [7, 11) is 1.51. The molecule has 25 heavy (non-hydrogen) atoms. The average molecular weight is 383 g/mol. The highest BCUT2D eigenvalue weighted by Crippen LogP contribution is 2.29. The van der Waals surface area contributed by atoms with Crippen molar-refractivity contribution >= 4 is 34.8 Å². The van der Waals surface area contributed by atoms with Crippen LogP contribution >= 0.6 is 23.2 Å². The van der Waals surface area contributed by atoms with Gasteiger partial charge in [0.05, 0.1) is 31.6 Å². The summed E-state index contributed by atoms with van der Waals surface area (Å²) in [4.78, 5) is 16.6. The lowest BCUT2D eigenvalue weighted by Gasteiger charge is -2.13. The molecule has 0 aliphatic carbocycles. The number of nitrogens with one attached hydrogen (secondary N) is 1. The van der Waals surface area contributed by atoms with Crippen LogP contribution in [0, 0.1) is 0 Å². The monoisotopic (exact) mass is 382 g/mol. The van der Waals surface area contributed by atoms with Gasteiger partial charge in [-0.1, -0.05) is 23.2 Å². The summed E-state index contributed by atoms with van der Waals surface area (Å²) in [6.45, 7) is 1.17. The van der Waals surface area contributed by atoms with Crippen LogP contribution in [0.4, 0.5) is 5.69 Å². The van der Waals surface area contributed by atoms with Gasteiger partial charge in [-0.05, 0) is 24.3 Å². The molecule has 132 valence electrons. The van der Waals surface area contributed by atoms with Gasteiger partial charge in [0.25, 0.3) is 5.91 Å². The van der Waals surface area contributed by atoms with Crippen LogP contribution in [-0.2, 0) is 4.74 Å². The maximum absolute atomic E-state index is 12.4. The first-order valence-corrected chi connectivity index (χ1v) is 8.37. The third-order valence-electron chi connectivity index (χ3n) is 3.65. The summed E-state index contributed by atoms with van der Waals surface area (Å²) in [6, 6.07) is 6.45. The Labute approximate surface area is 155 Å². The number of amides is 1. The quantitative estimate of drug-likeness (QED) is 0.850. The first-order valence-electron chi connectivity index (χ1n) is 7.61. The minimum absolute atomic E-state index is 0.0691. The summed E-state index contributed by atoms with van der Waals surface area (Å²) in [5.74, 6) is 0.401. The van der Waals surface area contributed by atoms with Crippen LogP contribution in [0.25, 0.3) is 0 Å². The number of hydrogen-bond donors (Lipinski definition) is 1. The van der Waals surface area contributed by atoms with Gasteiger partial charge in [-0.3, -0.25) is 4.79 Å². The molecule has 1 atom stereocenters. The molecule has 1 aromatic heterocycles. The summed E-state index contributed by atoms with van der Waals surface area (Å²) < 4.78 is 16.1. The average Bonchev–Trinajstić information content (AvgIpc) is 3.10. The second-order valence-electron chi connectivity index (χ2n) is 5.41. The van der Waals surface area contributed by atoms with E-state index in [1.165, 1.54) is 19.4 Å². The Morgan fingerprint density at radius 3 is 2.88 bits per heavy atom. The highest BCUT2D eigenvalue weighted by Gasteiger charge is 2.20. The fraction of sp³-hybridized carbons (Fsp3) is 0.294. The highest BCUT2D eigenvalue weighted by molar-refractivity contribution is 6.32. The van der Waals surface area contributed by atoms with E-state index in [4.69, 9.17) is 37.4 Å². The second-order valence-corrected chi connectivity index (χ2v) is 6.26. The van der Waals surface area contributed by atoms with Crippen molar-refractivity contribution in [3.63, 3.8) is 0 Å². The van der Waals surface area contributed by atoms with Crippen LogP contribution in [-0.4, -0.2) is 37.3 Å². The van der Waals surface area contributed by atoms with Crippen molar-refractivity contribution in [3.8, 4) is 11.6 Å². The van der Waals surface area contributed by atoms with Crippen molar-refractivity contribution in [1.29, 1.82) is 0 Å². The van der Waals surface area contributed by atoms with Crippen molar-refractivity contribution in [3.05, 3.63) is 46.1 Å². The molecule has 3 rings (SSSR count). The fourth-order valence-corrected chi connectivity index (χ4v) is 2.76. The lowest BCUT2D eigenvalue weighted by Crippen LogP contribution is -2.17. The van der Waals surface area contributed by atoms with Crippen LogP contribution in [0.3, 0.4) is 0 Å². The van der Waals surface area contributed by atoms with Crippen LogP contribution in [0.5, 0.6) is 11.6 Å². The van der Waals surface area contributed by atoms with E-state index >= 15 is 0 Å². The summed E-state index contributed by atoms with van der Waals surface area (Å²) in [5.41, 5.74) is 0.751. The van der Waals surface area contributed by atoms with E-state index in [9.17, 15) is 4.79 Å². The lowest BCUT2D eigenvalue weighted by molar-refractivity contribution is 0.102. The molecule has 0 radical (unpaired) electrons. The van der Waals surface area contributed by atoms with E-state index in [0.29, 0.717) is 35.2 Å². The van der Waals surface area contributed by atoms with E-state index in [1.54, 1.807) is 18.2 Å². The molecule has 2 heterocycles. The molecular weight excluding hydrogens is 367 g/mol.